The third-order valence-corrected chi connectivity index (χ3v) is 9.01. The number of hydrogen-bond donors (Lipinski definition) is 0. The second kappa shape index (κ2) is 6.14. The van der Waals surface area contributed by atoms with Crippen molar-refractivity contribution < 1.29 is 0 Å². The average molecular weight is 303 g/mol. The van der Waals surface area contributed by atoms with Crippen LogP contribution in [-0.4, -0.2) is 0 Å². The molecular weight excluding hydrogens is 264 g/mol. The third kappa shape index (κ3) is 2.67. The molecule has 0 aromatic carbocycles. The first-order valence-corrected chi connectivity index (χ1v) is 10.7. The van der Waals surface area contributed by atoms with E-state index in [1.54, 1.807) is 51.4 Å². The van der Waals surface area contributed by atoms with Gasteiger partial charge in [0, 0.05) is 0 Å². The highest BCUT2D eigenvalue weighted by Crippen LogP contribution is 2.58. The van der Waals surface area contributed by atoms with E-state index in [1.807, 2.05) is 0 Å². The van der Waals surface area contributed by atoms with Crippen LogP contribution in [0, 0.1) is 40.9 Å². The number of rotatable bonds is 2. The van der Waals surface area contributed by atoms with E-state index in [0.29, 0.717) is 5.41 Å². The Kier molecular flexibility index (Phi) is 4.33. The summed E-state index contributed by atoms with van der Waals surface area (Å²) >= 11 is 0. The zero-order valence-corrected chi connectivity index (χ0v) is 15.2. The summed E-state index contributed by atoms with van der Waals surface area (Å²) in [6, 6.07) is 0. The SMILES string of the molecule is CC(C1CCC2CC3CCCCC3C2C1)C1(C)CCCCC1. The Morgan fingerprint density at radius 1 is 0.727 bits per heavy atom. The lowest BCUT2D eigenvalue weighted by Gasteiger charge is -2.47. The van der Waals surface area contributed by atoms with Crippen molar-refractivity contribution in [2.24, 2.45) is 40.9 Å². The van der Waals surface area contributed by atoms with Crippen molar-refractivity contribution in [1.82, 2.24) is 0 Å². The van der Waals surface area contributed by atoms with Crippen LogP contribution in [0.3, 0.4) is 0 Å². The van der Waals surface area contributed by atoms with Gasteiger partial charge in [-0.15, -0.1) is 0 Å². The maximum absolute atomic E-state index is 2.64. The fourth-order valence-corrected chi connectivity index (χ4v) is 7.44. The molecule has 0 heterocycles. The van der Waals surface area contributed by atoms with Crippen molar-refractivity contribution in [2.45, 2.75) is 97.3 Å². The smallest absolute Gasteiger partial charge is 0.0298 e. The van der Waals surface area contributed by atoms with E-state index >= 15 is 0 Å². The molecule has 0 saturated heterocycles. The van der Waals surface area contributed by atoms with Gasteiger partial charge in [-0.3, -0.25) is 0 Å². The summed E-state index contributed by atoms with van der Waals surface area (Å²) in [5, 5.41) is 0. The van der Waals surface area contributed by atoms with Crippen molar-refractivity contribution in [3.63, 3.8) is 0 Å². The second-order valence-electron chi connectivity index (χ2n) is 9.94. The van der Waals surface area contributed by atoms with E-state index in [1.165, 1.54) is 32.1 Å². The van der Waals surface area contributed by atoms with Crippen LogP contribution in [0.4, 0.5) is 0 Å². The molecule has 6 unspecified atom stereocenters. The molecule has 126 valence electrons. The molecule has 6 atom stereocenters. The third-order valence-electron chi connectivity index (χ3n) is 9.01. The predicted octanol–water partition coefficient (Wildman–Crippen LogP) is 6.84. The molecule has 0 radical (unpaired) electrons. The Bertz CT molecular complexity index is 377. The Balaban J connectivity index is 1.44. The summed E-state index contributed by atoms with van der Waals surface area (Å²) in [7, 11) is 0. The summed E-state index contributed by atoms with van der Waals surface area (Å²) in [5.74, 6) is 6.60. The second-order valence-corrected chi connectivity index (χ2v) is 9.94. The van der Waals surface area contributed by atoms with E-state index < -0.39 is 0 Å². The van der Waals surface area contributed by atoms with Gasteiger partial charge in [0.05, 0.1) is 0 Å². The van der Waals surface area contributed by atoms with E-state index in [9.17, 15) is 0 Å². The van der Waals surface area contributed by atoms with Gasteiger partial charge in [0.25, 0.3) is 0 Å². The molecule has 0 heteroatoms. The summed E-state index contributed by atoms with van der Waals surface area (Å²) in [6.07, 6.45) is 20.2. The summed E-state index contributed by atoms with van der Waals surface area (Å²) < 4.78 is 0. The van der Waals surface area contributed by atoms with Gasteiger partial charge in [-0.05, 0) is 85.9 Å². The van der Waals surface area contributed by atoms with Crippen molar-refractivity contribution in [3.05, 3.63) is 0 Å². The molecule has 0 spiro atoms. The minimum atomic E-state index is 0.681. The quantitative estimate of drug-likeness (QED) is 0.524. The lowest BCUT2D eigenvalue weighted by atomic mass is 9.59. The van der Waals surface area contributed by atoms with E-state index in [2.05, 4.69) is 13.8 Å². The maximum Gasteiger partial charge on any atom is -0.0298 e. The molecule has 4 aliphatic rings. The van der Waals surface area contributed by atoms with Crippen LogP contribution >= 0.6 is 0 Å². The lowest BCUT2D eigenvalue weighted by Crippen LogP contribution is -2.37. The van der Waals surface area contributed by atoms with Crippen LogP contribution in [-0.2, 0) is 0 Å². The molecule has 4 rings (SSSR count). The molecule has 0 aromatic heterocycles. The maximum atomic E-state index is 2.64. The summed E-state index contributed by atoms with van der Waals surface area (Å²) in [6.45, 7) is 5.28. The van der Waals surface area contributed by atoms with Gasteiger partial charge in [-0.2, -0.15) is 0 Å². The zero-order chi connectivity index (χ0) is 15.2. The van der Waals surface area contributed by atoms with Crippen molar-refractivity contribution in [3.8, 4) is 0 Å². The predicted molar refractivity (Wildman–Crippen MR) is 94.7 cm³/mol. The molecule has 4 aliphatic carbocycles. The molecule has 0 bridgehead atoms. The molecule has 4 fully saturated rings. The van der Waals surface area contributed by atoms with Crippen LogP contribution in [0.5, 0.6) is 0 Å². The fraction of sp³-hybridized carbons (Fsp3) is 1.00. The highest BCUT2D eigenvalue weighted by Gasteiger charge is 2.48. The Labute approximate surface area is 138 Å². The Hall–Kier alpha value is 0. The summed E-state index contributed by atoms with van der Waals surface area (Å²) in [4.78, 5) is 0. The van der Waals surface area contributed by atoms with Gasteiger partial charge in [0.1, 0.15) is 0 Å². The van der Waals surface area contributed by atoms with Crippen LogP contribution in [0.25, 0.3) is 0 Å². The normalized spacial score (nSPS) is 45.8. The monoisotopic (exact) mass is 302 g/mol. The Morgan fingerprint density at radius 3 is 2.27 bits per heavy atom. The van der Waals surface area contributed by atoms with Gasteiger partial charge in [0.2, 0.25) is 0 Å². The molecule has 0 N–H and O–H groups in total. The molecule has 4 saturated carbocycles. The number of hydrogen-bond acceptors (Lipinski definition) is 0. The number of fused-ring (bicyclic) bond motifs is 3. The van der Waals surface area contributed by atoms with Crippen LogP contribution in [0.1, 0.15) is 97.3 Å². The minimum absolute atomic E-state index is 0.681. The highest BCUT2D eigenvalue weighted by atomic mass is 14.5. The largest absolute Gasteiger partial charge is 0.0617 e. The summed E-state index contributed by atoms with van der Waals surface area (Å²) in [5.41, 5.74) is 0.681. The van der Waals surface area contributed by atoms with Crippen molar-refractivity contribution in [2.75, 3.05) is 0 Å². The molecule has 0 amide bonds. The standard InChI is InChI=1S/C22H38/c1-16(22(2)12-6-3-7-13-22)17-10-11-19-14-18-8-4-5-9-20(18)21(19)15-17/h16-21H,3-15H2,1-2H3. The van der Waals surface area contributed by atoms with Gasteiger partial charge in [-0.25, -0.2) is 0 Å². The highest BCUT2D eigenvalue weighted by molar-refractivity contribution is 4.98. The molecule has 22 heavy (non-hydrogen) atoms. The van der Waals surface area contributed by atoms with E-state index in [0.717, 1.165) is 35.5 Å². The van der Waals surface area contributed by atoms with Gasteiger partial charge in [0.15, 0.2) is 0 Å². The van der Waals surface area contributed by atoms with Crippen LogP contribution < -0.4 is 0 Å². The first-order valence-electron chi connectivity index (χ1n) is 10.7. The van der Waals surface area contributed by atoms with Crippen LogP contribution in [0.2, 0.25) is 0 Å². The van der Waals surface area contributed by atoms with Crippen molar-refractivity contribution >= 4 is 0 Å². The first-order chi connectivity index (χ1) is 10.7. The first kappa shape index (κ1) is 15.5. The van der Waals surface area contributed by atoms with Gasteiger partial charge in [-0.1, -0.05) is 52.4 Å². The van der Waals surface area contributed by atoms with Gasteiger partial charge < -0.3 is 0 Å². The molecule has 0 nitrogen and oxygen atoms in total. The van der Waals surface area contributed by atoms with Crippen LogP contribution in [0.15, 0.2) is 0 Å². The lowest BCUT2D eigenvalue weighted by molar-refractivity contribution is 0.0355. The Morgan fingerprint density at radius 2 is 1.45 bits per heavy atom. The van der Waals surface area contributed by atoms with Gasteiger partial charge >= 0.3 is 0 Å². The molecular formula is C22H38. The molecule has 0 aliphatic heterocycles. The minimum Gasteiger partial charge on any atom is -0.0617 e. The zero-order valence-electron chi connectivity index (χ0n) is 15.2. The van der Waals surface area contributed by atoms with E-state index in [4.69, 9.17) is 0 Å². The average Bonchev–Trinajstić information content (AvgIpc) is 2.92. The molecule has 0 aromatic rings. The fourth-order valence-electron chi connectivity index (χ4n) is 7.44. The van der Waals surface area contributed by atoms with E-state index in [-0.39, 0.29) is 0 Å². The topological polar surface area (TPSA) is 0 Å². The van der Waals surface area contributed by atoms with Crippen molar-refractivity contribution in [1.29, 1.82) is 0 Å².